The first-order chi connectivity index (χ1) is 7.48. The molecule has 1 unspecified atom stereocenters. The molecule has 3 nitrogen and oxygen atoms in total. The van der Waals surface area contributed by atoms with E-state index in [4.69, 9.17) is 5.73 Å². The third-order valence-corrected chi connectivity index (χ3v) is 3.18. The predicted molar refractivity (Wildman–Crippen MR) is 66.4 cm³/mol. The lowest BCUT2D eigenvalue weighted by Gasteiger charge is -2.29. The number of aryl methyl sites for hydroxylation is 1. The number of amides is 2. The van der Waals surface area contributed by atoms with Crippen molar-refractivity contribution in [2.45, 2.75) is 32.6 Å². The van der Waals surface area contributed by atoms with Gasteiger partial charge in [-0.25, -0.2) is 4.79 Å². The van der Waals surface area contributed by atoms with E-state index in [9.17, 15) is 4.79 Å². The van der Waals surface area contributed by atoms with Gasteiger partial charge in [-0.2, -0.15) is 0 Å². The Morgan fingerprint density at radius 2 is 1.94 bits per heavy atom. The van der Waals surface area contributed by atoms with Crippen LogP contribution in [0.25, 0.3) is 0 Å². The molecule has 0 aliphatic rings. The number of carbonyl (C=O) groups is 1. The number of hydrogen-bond acceptors (Lipinski definition) is 1. The monoisotopic (exact) mass is 220 g/mol. The molecule has 3 N–H and O–H groups in total. The van der Waals surface area contributed by atoms with Crippen molar-refractivity contribution in [2.24, 2.45) is 5.73 Å². The minimum Gasteiger partial charge on any atom is -0.352 e. The van der Waals surface area contributed by atoms with E-state index in [-0.39, 0.29) is 5.41 Å². The fourth-order valence-electron chi connectivity index (χ4n) is 1.67. The summed E-state index contributed by atoms with van der Waals surface area (Å²) in [5.74, 6) is 0. The summed E-state index contributed by atoms with van der Waals surface area (Å²) in [6.45, 7) is 6.88. The molecule has 88 valence electrons. The van der Waals surface area contributed by atoms with Gasteiger partial charge >= 0.3 is 6.03 Å². The number of urea groups is 1. The van der Waals surface area contributed by atoms with Crippen LogP contribution in [0.3, 0.4) is 0 Å². The summed E-state index contributed by atoms with van der Waals surface area (Å²) in [5.41, 5.74) is 7.53. The van der Waals surface area contributed by atoms with Gasteiger partial charge in [-0.1, -0.05) is 43.7 Å². The van der Waals surface area contributed by atoms with Crippen LogP contribution in [-0.4, -0.2) is 12.6 Å². The highest BCUT2D eigenvalue weighted by atomic mass is 16.2. The molecule has 0 radical (unpaired) electrons. The molecule has 0 saturated carbocycles. The molecule has 3 heteroatoms. The Morgan fingerprint density at radius 3 is 2.38 bits per heavy atom. The summed E-state index contributed by atoms with van der Waals surface area (Å²) < 4.78 is 0. The lowest BCUT2D eigenvalue weighted by atomic mass is 9.80. The van der Waals surface area contributed by atoms with Gasteiger partial charge in [-0.3, -0.25) is 0 Å². The molecular weight excluding hydrogens is 200 g/mol. The molecular formula is C13H20N2O. The number of nitrogens with two attached hydrogens (primary N) is 1. The molecule has 0 aromatic heterocycles. The molecule has 2 amide bonds. The fourth-order valence-corrected chi connectivity index (χ4v) is 1.67. The SMILES string of the molecule is CCC(C)(CNC(N)=O)c1ccc(C)cc1. The summed E-state index contributed by atoms with van der Waals surface area (Å²) in [4.78, 5) is 10.8. The predicted octanol–water partition coefficient (Wildman–Crippen LogP) is 2.33. The Hall–Kier alpha value is -1.51. The van der Waals surface area contributed by atoms with E-state index < -0.39 is 6.03 Å². The smallest absolute Gasteiger partial charge is 0.312 e. The first-order valence-corrected chi connectivity index (χ1v) is 5.58. The summed E-state index contributed by atoms with van der Waals surface area (Å²) in [7, 11) is 0. The summed E-state index contributed by atoms with van der Waals surface area (Å²) in [6.07, 6.45) is 0.955. The molecule has 0 fully saturated rings. The topological polar surface area (TPSA) is 55.1 Å². The number of hydrogen-bond donors (Lipinski definition) is 2. The second-order valence-corrected chi connectivity index (χ2v) is 4.50. The molecule has 0 aliphatic carbocycles. The largest absolute Gasteiger partial charge is 0.352 e. The van der Waals surface area contributed by atoms with Gasteiger partial charge in [-0.05, 0) is 18.9 Å². The Kier molecular flexibility index (Phi) is 3.93. The van der Waals surface area contributed by atoms with Gasteiger partial charge in [0.05, 0.1) is 0 Å². The maximum Gasteiger partial charge on any atom is 0.312 e. The van der Waals surface area contributed by atoms with Gasteiger partial charge in [0.25, 0.3) is 0 Å². The molecule has 0 heterocycles. The van der Waals surface area contributed by atoms with Crippen molar-refractivity contribution in [3.63, 3.8) is 0 Å². The maximum atomic E-state index is 10.8. The van der Waals surface area contributed by atoms with Crippen molar-refractivity contribution < 1.29 is 4.79 Å². The molecule has 0 aliphatic heterocycles. The molecule has 0 saturated heterocycles. The van der Waals surface area contributed by atoms with Crippen LogP contribution in [0.5, 0.6) is 0 Å². The van der Waals surface area contributed by atoms with Gasteiger partial charge in [0.1, 0.15) is 0 Å². The first-order valence-electron chi connectivity index (χ1n) is 5.58. The Labute approximate surface area is 97.0 Å². The average Bonchev–Trinajstić information content (AvgIpc) is 2.27. The van der Waals surface area contributed by atoms with Crippen LogP contribution in [0, 0.1) is 6.92 Å². The third-order valence-electron chi connectivity index (χ3n) is 3.18. The molecule has 16 heavy (non-hydrogen) atoms. The number of primary amides is 1. The van der Waals surface area contributed by atoms with Crippen LogP contribution in [0.1, 0.15) is 31.4 Å². The van der Waals surface area contributed by atoms with Crippen LogP contribution in [0.2, 0.25) is 0 Å². The standard InChI is InChI=1S/C13H20N2O/c1-4-13(3,9-15-12(14)16)11-7-5-10(2)6-8-11/h5-8H,4,9H2,1-3H3,(H3,14,15,16). The van der Waals surface area contributed by atoms with Crippen LogP contribution in [0.4, 0.5) is 4.79 Å². The maximum absolute atomic E-state index is 10.8. The number of benzene rings is 1. The zero-order valence-electron chi connectivity index (χ0n) is 10.2. The van der Waals surface area contributed by atoms with E-state index in [0.29, 0.717) is 6.54 Å². The molecule has 0 bridgehead atoms. The zero-order chi connectivity index (χ0) is 12.2. The van der Waals surface area contributed by atoms with Gasteiger partial charge in [0, 0.05) is 12.0 Å². The normalized spacial score (nSPS) is 14.2. The van der Waals surface area contributed by atoms with Crippen molar-refractivity contribution in [3.05, 3.63) is 35.4 Å². The number of carbonyl (C=O) groups excluding carboxylic acids is 1. The number of nitrogens with one attached hydrogen (secondary N) is 1. The van der Waals surface area contributed by atoms with Crippen molar-refractivity contribution >= 4 is 6.03 Å². The third kappa shape index (κ3) is 2.99. The van der Waals surface area contributed by atoms with E-state index in [1.54, 1.807) is 0 Å². The highest BCUT2D eigenvalue weighted by Gasteiger charge is 2.24. The first kappa shape index (κ1) is 12.6. The van der Waals surface area contributed by atoms with E-state index in [2.05, 4.69) is 50.4 Å². The van der Waals surface area contributed by atoms with Crippen molar-refractivity contribution in [3.8, 4) is 0 Å². The Balaban J connectivity index is 2.86. The summed E-state index contributed by atoms with van der Waals surface area (Å²) in [6, 6.07) is 7.94. The highest BCUT2D eigenvalue weighted by Crippen LogP contribution is 2.26. The second kappa shape index (κ2) is 5.01. The van der Waals surface area contributed by atoms with Gasteiger partial charge in [0.2, 0.25) is 0 Å². The van der Waals surface area contributed by atoms with Crippen LogP contribution in [0.15, 0.2) is 24.3 Å². The van der Waals surface area contributed by atoms with Gasteiger partial charge in [-0.15, -0.1) is 0 Å². The summed E-state index contributed by atoms with van der Waals surface area (Å²) >= 11 is 0. The summed E-state index contributed by atoms with van der Waals surface area (Å²) in [5, 5.41) is 2.69. The molecule has 1 atom stereocenters. The lowest BCUT2D eigenvalue weighted by Crippen LogP contribution is -2.40. The highest BCUT2D eigenvalue weighted by molar-refractivity contribution is 5.71. The lowest BCUT2D eigenvalue weighted by molar-refractivity contribution is 0.245. The zero-order valence-corrected chi connectivity index (χ0v) is 10.2. The quantitative estimate of drug-likeness (QED) is 0.804. The van der Waals surface area contributed by atoms with Crippen molar-refractivity contribution in [2.75, 3.05) is 6.54 Å². The van der Waals surface area contributed by atoms with Crippen LogP contribution in [-0.2, 0) is 5.41 Å². The fraction of sp³-hybridized carbons (Fsp3) is 0.462. The van der Waals surface area contributed by atoms with Crippen molar-refractivity contribution in [1.82, 2.24) is 5.32 Å². The van der Waals surface area contributed by atoms with E-state index >= 15 is 0 Å². The molecule has 1 aromatic carbocycles. The molecule has 1 rings (SSSR count). The van der Waals surface area contributed by atoms with E-state index in [0.717, 1.165) is 6.42 Å². The molecule has 0 spiro atoms. The van der Waals surface area contributed by atoms with Crippen LogP contribution < -0.4 is 11.1 Å². The van der Waals surface area contributed by atoms with Crippen LogP contribution >= 0.6 is 0 Å². The molecule has 1 aromatic rings. The van der Waals surface area contributed by atoms with Crippen molar-refractivity contribution in [1.29, 1.82) is 0 Å². The minimum absolute atomic E-state index is 0.0528. The van der Waals surface area contributed by atoms with Gasteiger partial charge in [0.15, 0.2) is 0 Å². The Morgan fingerprint density at radius 1 is 1.38 bits per heavy atom. The Bertz CT molecular complexity index is 359. The number of rotatable bonds is 4. The minimum atomic E-state index is -0.466. The van der Waals surface area contributed by atoms with E-state index in [1.807, 2.05) is 0 Å². The van der Waals surface area contributed by atoms with E-state index in [1.165, 1.54) is 11.1 Å². The second-order valence-electron chi connectivity index (χ2n) is 4.50. The average molecular weight is 220 g/mol. The van der Waals surface area contributed by atoms with Gasteiger partial charge < -0.3 is 11.1 Å².